The fraction of sp³-hybridized carbons (Fsp3) is 0.474. The minimum Gasteiger partial charge on any atom is -0.322 e. The Morgan fingerprint density at radius 3 is 2.87 bits per heavy atom. The number of hydrogen-bond acceptors (Lipinski definition) is 2. The van der Waals surface area contributed by atoms with Crippen LogP contribution in [0.2, 0.25) is 0 Å². The van der Waals surface area contributed by atoms with E-state index in [9.17, 15) is 9.18 Å². The third-order valence-electron chi connectivity index (χ3n) is 5.53. The molecule has 1 aliphatic heterocycles. The summed E-state index contributed by atoms with van der Waals surface area (Å²) < 4.78 is 16.3. The number of carbonyl (C=O) groups excluding carboxylic acids is 1. The number of aromatic nitrogens is 2. The number of benzene rings is 1. The van der Waals surface area contributed by atoms with Crippen molar-refractivity contribution in [1.29, 1.82) is 0 Å². The summed E-state index contributed by atoms with van der Waals surface area (Å²) in [5, 5.41) is 0. The third kappa shape index (κ3) is 2.41. The molecule has 3 nitrogen and oxygen atoms in total. The molecule has 0 saturated heterocycles. The number of hydrogen-bond donors (Lipinski definition) is 0. The molecule has 4 rings (SSSR count). The molecule has 0 amide bonds. The van der Waals surface area contributed by atoms with Crippen LogP contribution in [0.5, 0.6) is 0 Å². The second-order valence-electron chi connectivity index (χ2n) is 7.03. The number of carbonyl (C=O) groups is 1. The molecule has 2 aromatic rings. The van der Waals surface area contributed by atoms with Gasteiger partial charge in [0.2, 0.25) is 0 Å². The SMILES string of the molecule is CC1CCC(C(=O)C[C@@H]2c3c(F)cccc3-c3cncn32)CC1. The van der Waals surface area contributed by atoms with Gasteiger partial charge in [0.25, 0.3) is 0 Å². The van der Waals surface area contributed by atoms with Crippen molar-refractivity contribution in [1.82, 2.24) is 9.55 Å². The van der Waals surface area contributed by atoms with Crippen molar-refractivity contribution in [2.45, 2.75) is 45.1 Å². The predicted molar refractivity (Wildman–Crippen MR) is 86.5 cm³/mol. The van der Waals surface area contributed by atoms with Gasteiger partial charge in [-0.25, -0.2) is 9.37 Å². The van der Waals surface area contributed by atoms with E-state index in [0.717, 1.165) is 42.9 Å². The van der Waals surface area contributed by atoms with Crippen molar-refractivity contribution in [2.24, 2.45) is 11.8 Å². The minimum absolute atomic E-state index is 0.147. The molecule has 1 saturated carbocycles. The Kier molecular flexibility index (Phi) is 3.55. The highest BCUT2D eigenvalue weighted by Crippen LogP contribution is 2.43. The largest absolute Gasteiger partial charge is 0.322 e. The molecular weight excluding hydrogens is 291 g/mol. The molecule has 1 fully saturated rings. The molecule has 1 aromatic heterocycles. The Morgan fingerprint density at radius 1 is 1.30 bits per heavy atom. The molecule has 0 unspecified atom stereocenters. The number of fused-ring (bicyclic) bond motifs is 3. The van der Waals surface area contributed by atoms with E-state index in [4.69, 9.17) is 0 Å². The monoisotopic (exact) mass is 312 g/mol. The number of halogens is 1. The normalized spacial score (nSPS) is 25.9. The first-order valence-corrected chi connectivity index (χ1v) is 8.48. The van der Waals surface area contributed by atoms with Gasteiger partial charge < -0.3 is 4.57 Å². The minimum atomic E-state index is -0.240. The van der Waals surface area contributed by atoms with E-state index in [1.165, 1.54) is 6.07 Å². The molecule has 0 spiro atoms. The van der Waals surface area contributed by atoms with Gasteiger partial charge in [0.15, 0.2) is 0 Å². The standard InChI is InChI=1S/C19H21FN2O/c1-12-5-7-13(8-6-12)18(23)9-16-19-14(3-2-4-15(19)20)17-10-21-11-22(16)17/h2-4,10-13,16H,5-9H2,1H3/t12?,13?,16-/m1/s1. The summed E-state index contributed by atoms with van der Waals surface area (Å²) in [7, 11) is 0. The lowest BCUT2D eigenvalue weighted by Crippen LogP contribution is -2.23. The molecule has 1 atom stereocenters. The van der Waals surface area contributed by atoms with Crippen LogP contribution in [-0.2, 0) is 4.79 Å². The molecule has 2 heterocycles. The van der Waals surface area contributed by atoms with Crippen LogP contribution in [0.15, 0.2) is 30.7 Å². The number of imidazole rings is 1. The highest BCUT2D eigenvalue weighted by Gasteiger charge is 2.34. The Balaban J connectivity index is 1.61. The topological polar surface area (TPSA) is 34.9 Å². The van der Waals surface area contributed by atoms with Crippen molar-refractivity contribution in [3.8, 4) is 11.3 Å². The van der Waals surface area contributed by atoms with Crippen LogP contribution in [0.4, 0.5) is 4.39 Å². The van der Waals surface area contributed by atoms with Gasteiger partial charge in [-0.05, 0) is 24.8 Å². The second kappa shape index (κ2) is 5.59. The fourth-order valence-electron chi connectivity index (χ4n) is 4.14. The number of ketones is 1. The van der Waals surface area contributed by atoms with E-state index < -0.39 is 0 Å². The van der Waals surface area contributed by atoms with Gasteiger partial charge in [-0.3, -0.25) is 4.79 Å². The van der Waals surface area contributed by atoms with Crippen LogP contribution in [0.25, 0.3) is 11.3 Å². The highest BCUT2D eigenvalue weighted by atomic mass is 19.1. The molecule has 2 aliphatic rings. The average Bonchev–Trinajstić information content (AvgIpc) is 3.12. The first-order chi connectivity index (χ1) is 11.1. The first-order valence-electron chi connectivity index (χ1n) is 8.48. The first kappa shape index (κ1) is 14.6. The van der Waals surface area contributed by atoms with Crippen molar-refractivity contribution in [3.63, 3.8) is 0 Å². The number of rotatable bonds is 3. The lowest BCUT2D eigenvalue weighted by molar-refractivity contribution is -0.124. The zero-order valence-corrected chi connectivity index (χ0v) is 13.3. The second-order valence-corrected chi connectivity index (χ2v) is 7.03. The van der Waals surface area contributed by atoms with Crippen LogP contribution in [-0.4, -0.2) is 15.3 Å². The van der Waals surface area contributed by atoms with Crippen LogP contribution in [0.1, 0.15) is 50.6 Å². The van der Waals surface area contributed by atoms with E-state index in [-0.39, 0.29) is 23.6 Å². The van der Waals surface area contributed by atoms with Crippen LogP contribution >= 0.6 is 0 Å². The Hall–Kier alpha value is -1.97. The molecule has 0 radical (unpaired) electrons. The average molecular weight is 312 g/mol. The quantitative estimate of drug-likeness (QED) is 0.843. The molecule has 4 heteroatoms. The molecule has 0 bridgehead atoms. The Labute approximate surface area is 135 Å². The van der Waals surface area contributed by atoms with Crippen LogP contribution in [0.3, 0.4) is 0 Å². The summed E-state index contributed by atoms with van der Waals surface area (Å²) in [5.41, 5.74) is 2.44. The summed E-state index contributed by atoms with van der Waals surface area (Å²) in [4.78, 5) is 16.9. The summed E-state index contributed by atoms with van der Waals surface area (Å²) in [6.07, 6.45) is 8.06. The predicted octanol–water partition coefficient (Wildman–Crippen LogP) is 4.38. The molecule has 1 aromatic carbocycles. The maximum absolute atomic E-state index is 14.4. The van der Waals surface area contributed by atoms with Crippen molar-refractivity contribution in [2.75, 3.05) is 0 Å². The molecular formula is C19H21FN2O. The van der Waals surface area contributed by atoms with E-state index in [0.29, 0.717) is 12.0 Å². The van der Waals surface area contributed by atoms with Gasteiger partial charge in [0, 0.05) is 23.5 Å². The Bertz CT molecular complexity index is 744. The van der Waals surface area contributed by atoms with E-state index in [2.05, 4.69) is 11.9 Å². The van der Waals surface area contributed by atoms with Crippen molar-refractivity contribution in [3.05, 3.63) is 42.1 Å². The van der Waals surface area contributed by atoms with Gasteiger partial charge in [-0.2, -0.15) is 0 Å². The number of Topliss-reactive ketones (excluding diaryl/α,β-unsaturated/α-hetero) is 1. The van der Waals surface area contributed by atoms with E-state index in [1.807, 2.05) is 10.6 Å². The maximum atomic E-state index is 14.4. The zero-order valence-electron chi connectivity index (χ0n) is 13.3. The smallest absolute Gasteiger partial charge is 0.138 e. The maximum Gasteiger partial charge on any atom is 0.138 e. The van der Waals surface area contributed by atoms with Crippen molar-refractivity contribution < 1.29 is 9.18 Å². The summed E-state index contributed by atoms with van der Waals surface area (Å²) in [6.45, 7) is 2.25. The van der Waals surface area contributed by atoms with Gasteiger partial charge in [0.1, 0.15) is 11.6 Å². The molecule has 1 aliphatic carbocycles. The summed E-state index contributed by atoms with van der Waals surface area (Å²) in [6, 6.07) is 4.88. The highest BCUT2D eigenvalue weighted by molar-refractivity contribution is 5.83. The zero-order chi connectivity index (χ0) is 16.0. The van der Waals surface area contributed by atoms with Crippen molar-refractivity contribution >= 4 is 5.78 Å². The lowest BCUT2D eigenvalue weighted by atomic mass is 9.79. The van der Waals surface area contributed by atoms with Gasteiger partial charge in [0.05, 0.1) is 24.3 Å². The van der Waals surface area contributed by atoms with Crippen LogP contribution < -0.4 is 0 Å². The summed E-state index contributed by atoms with van der Waals surface area (Å²) in [5.74, 6) is 0.928. The summed E-state index contributed by atoms with van der Waals surface area (Å²) >= 11 is 0. The van der Waals surface area contributed by atoms with E-state index in [1.54, 1.807) is 18.6 Å². The van der Waals surface area contributed by atoms with Gasteiger partial charge in [-0.1, -0.05) is 31.9 Å². The van der Waals surface area contributed by atoms with Crippen LogP contribution in [0, 0.1) is 17.7 Å². The van der Waals surface area contributed by atoms with E-state index >= 15 is 0 Å². The number of nitrogens with zero attached hydrogens (tertiary/aromatic N) is 2. The third-order valence-corrected chi connectivity index (χ3v) is 5.53. The van der Waals surface area contributed by atoms with Gasteiger partial charge in [-0.15, -0.1) is 0 Å². The lowest BCUT2D eigenvalue weighted by Gasteiger charge is -2.26. The molecule has 23 heavy (non-hydrogen) atoms. The Morgan fingerprint density at radius 2 is 2.09 bits per heavy atom. The fourth-order valence-corrected chi connectivity index (χ4v) is 4.14. The van der Waals surface area contributed by atoms with Gasteiger partial charge >= 0.3 is 0 Å². The molecule has 0 N–H and O–H groups in total. The molecule has 120 valence electrons.